The van der Waals surface area contributed by atoms with Gasteiger partial charge in [-0.15, -0.1) is 0 Å². The number of fused-ring (bicyclic) bond motifs is 1. The molecule has 0 N–H and O–H groups in total. The molecule has 0 aromatic heterocycles. The Morgan fingerprint density at radius 1 is 1.00 bits per heavy atom. The van der Waals surface area contributed by atoms with Gasteiger partial charge < -0.3 is 4.74 Å². The first kappa shape index (κ1) is 14.4. The predicted molar refractivity (Wildman–Crippen MR) is 87.6 cm³/mol. The van der Waals surface area contributed by atoms with E-state index in [1.54, 1.807) is 19.2 Å². The van der Waals surface area contributed by atoms with E-state index in [1.165, 1.54) is 6.07 Å². The second-order valence-electron chi connectivity index (χ2n) is 4.85. The minimum absolute atomic E-state index is 0.000335. The summed E-state index contributed by atoms with van der Waals surface area (Å²) >= 11 is 5.86. The highest BCUT2D eigenvalue weighted by Crippen LogP contribution is 2.34. The van der Waals surface area contributed by atoms with E-state index in [1.807, 2.05) is 36.4 Å². The summed E-state index contributed by atoms with van der Waals surface area (Å²) in [6.07, 6.45) is 0. The summed E-state index contributed by atoms with van der Waals surface area (Å²) in [5.41, 5.74) is 1.33. The lowest BCUT2D eigenvalue weighted by molar-refractivity contribution is -0.384. The van der Waals surface area contributed by atoms with Crippen molar-refractivity contribution >= 4 is 28.1 Å². The molecule has 0 aliphatic rings. The van der Waals surface area contributed by atoms with Crippen molar-refractivity contribution in [3.05, 3.63) is 69.7 Å². The number of nitrogens with zero attached hydrogens (tertiary/aromatic N) is 1. The number of hydrogen-bond acceptors (Lipinski definition) is 3. The van der Waals surface area contributed by atoms with Gasteiger partial charge in [0.1, 0.15) is 5.75 Å². The van der Waals surface area contributed by atoms with Crippen LogP contribution in [0.1, 0.15) is 0 Å². The van der Waals surface area contributed by atoms with Crippen LogP contribution >= 0.6 is 11.6 Å². The molecular formula is C17H12ClNO3. The monoisotopic (exact) mass is 313 g/mol. The number of nitro groups is 1. The Labute approximate surface area is 132 Å². The predicted octanol–water partition coefficient (Wildman–Crippen LogP) is 5.08. The molecule has 0 unspecified atom stereocenters. The van der Waals surface area contributed by atoms with Crippen molar-refractivity contribution in [2.45, 2.75) is 0 Å². The van der Waals surface area contributed by atoms with E-state index in [0.717, 1.165) is 22.1 Å². The molecule has 0 heterocycles. The first-order valence-corrected chi connectivity index (χ1v) is 6.98. The van der Waals surface area contributed by atoms with Gasteiger partial charge in [0.15, 0.2) is 0 Å². The number of methoxy groups -OCH3 is 1. The van der Waals surface area contributed by atoms with Crippen LogP contribution in [-0.2, 0) is 0 Å². The van der Waals surface area contributed by atoms with Crippen molar-refractivity contribution in [1.82, 2.24) is 0 Å². The van der Waals surface area contributed by atoms with Gasteiger partial charge in [-0.25, -0.2) is 0 Å². The highest BCUT2D eigenvalue weighted by molar-refractivity contribution is 6.31. The average molecular weight is 314 g/mol. The molecule has 0 radical (unpaired) electrons. The van der Waals surface area contributed by atoms with Crippen LogP contribution in [0.5, 0.6) is 5.75 Å². The van der Waals surface area contributed by atoms with Crippen molar-refractivity contribution < 1.29 is 9.66 Å². The Morgan fingerprint density at radius 3 is 2.45 bits per heavy atom. The summed E-state index contributed by atoms with van der Waals surface area (Å²) in [7, 11) is 1.62. The van der Waals surface area contributed by atoms with Crippen LogP contribution in [0.25, 0.3) is 21.9 Å². The van der Waals surface area contributed by atoms with Crippen LogP contribution in [0.3, 0.4) is 0 Å². The molecule has 0 bridgehead atoms. The van der Waals surface area contributed by atoms with Gasteiger partial charge in [-0.3, -0.25) is 10.1 Å². The Morgan fingerprint density at radius 2 is 1.73 bits per heavy atom. The fraction of sp³-hybridized carbons (Fsp3) is 0.0588. The Hall–Kier alpha value is -2.59. The molecule has 0 saturated carbocycles. The molecule has 22 heavy (non-hydrogen) atoms. The van der Waals surface area contributed by atoms with Crippen LogP contribution in [-0.4, -0.2) is 12.0 Å². The second-order valence-corrected chi connectivity index (χ2v) is 5.28. The molecule has 3 aromatic rings. The van der Waals surface area contributed by atoms with Gasteiger partial charge in [0.05, 0.1) is 17.6 Å². The standard InChI is InChI=1S/C17H12ClNO3/c1-22-15-6-4-11-8-13(3-2-12(11)9-15)16-7-5-14(18)10-17(16)19(20)21/h2-10H,1H3. The zero-order valence-electron chi connectivity index (χ0n) is 11.7. The number of halogens is 1. The highest BCUT2D eigenvalue weighted by atomic mass is 35.5. The van der Waals surface area contributed by atoms with Gasteiger partial charge in [0.25, 0.3) is 5.69 Å². The summed E-state index contributed by atoms with van der Waals surface area (Å²) in [6, 6.07) is 16.1. The molecule has 0 aliphatic carbocycles. The van der Waals surface area contributed by atoms with Gasteiger partial charge in [-0.05, 0) is 46.7 Å². The van der Waals surface area contributed by atoms with Crippen molar-refractivity contribution in [1.29, 1.82) is 0 Å². The minimum Gasteiger partial charge on any atom is -0.497 e. The molecule has 0 spiro atoms. The van der Waals surface area contributed by atoms with Crippen LogP contribution in [0, 0.1) is 10.1 Å². The molecular weight excluding hydrogens is 302 g/mol. The summed E-state index contributed by atoms with van der Waals surface area (Å²) in [5, 5.41) is 13.6. The number of nitro benzene ring substituents is 1. The minimum atomic E-state index is -0.417. The average Bonchev–Trinajstić information content (AvgIpc) is 2.53. The maximum Gasteiger partial charge on any atom is 0.278 e. The smallest absolute Gasteiger partial charge is 0.278 e. The van der Waals surface area contributed by atoms with Crippen LogP contribution in [0.2, 0.25) is 5.02 Å². The molecule has 0 atom stereocenters. The quantitative estimate of drug-likeness (QED) is 0.500. The van der Waals surface area contributed by atoms with Crippen molar-refractivity contribution in [2.75, 3.05) is 7.11 Å². The maximum atomic E-state index is 11.2. The highest BCUT2D eigenvalue weighted by Gasteiger charge is 2.16. The zero-order valence-corrected chi connectivity index (χ0v) is 12.5. The van der Waals surface area contributed by atoms with Crippen LogP contribution in [0.15, 0.2) is 54.6 Å². The topological polar surface area (TPSA) is 52.4 Å². The largest absolute Gasteiger partial charge is 0.497 e. The van der Waals surface area contributed by atoms with E-state index >= 15 is 0 Å². The number of rotatable bonds is 3. The second kappa shape index (κ2) is 5.66. The third kappa shape index (κ3) is 2.61. The number of hydrogen-bond donors (Lipinski definition) is 0. The Bertz CT molecular complexity index is 877. The molecule has 3 aromatic carbocycles. The first-order chi connectivity index (χ1) is 10.6. The SMILES string of the molecule is COc1ccc2cc(-c3ccc(Cl)cc3[N+](=O)[O-])ccc2c1. The molecule has 0 amide bonds. The summed E-state index contributed by atoms with van der Waals surface area (Å²) < 4.78 is 5.20. The molecule has 110 valence electrons. The summed E-state index contributed by atoms with van der Waals surface area (Å²) in [4.78, 5) is 10.8. The normalized spacial score (nSPS) is 10.6. The molecule has 4 nitrogen and oxygen atoms in total. The van der Waals surface area contributed by atoms with E-state index in [9.17, 15) is 10.1 Å². The number of benzene rings is 3. The molecule has 0 aliphatic heterocycles. The van der Waals surface area contributed by atoms with Crippen molar-refractivity contribution in [3.63, 3.8) is 0 Å². The lowest BCUT2D eigenvalue weighted by Crippen LogP contribution is -1.92. The molecule has 5 heteroatoms. The third-order valence-corrected chi connectivity index (χ3v) is 3.75. The van der Waals surface area contributed by atoms with Gasteiger partial charge in [0.2, 0.25) is 0 Å². The van der Waals surface area contributed by atoms with E-state index in [0.29, 0.717) is 10.6 Å². The fourth-order valence-electron chi connectivity index (χ4n) is 2.42. The van der Waals surface area contributed by atoms with Gasteiger partial charge in [0, 0.05) is 11.1 Å². The molecule has 3 rings (SSSR count). The lowest BCUT2D eigenvalue weighted by atomic mass is 10.00. The number of ether oxygens (including phenoxy) is 1. The van der Waals surface area contributed by atoms with Gasteiger partial charge in [-0.1, -0.05) is 29.8 Å². The van der Waals surface area contributed by atoms with Crippen molar-refractivity contribution in [2.24, 2.45) is 0 Å². The molecule has 0 saturated heterocycles. The Kier molecular flexibility index (Phi) is 3.69. The third-order valence-electron chi connectivity index (χ3n) is 3.51. The lowest BCUT2D eigenvalue weighted by Gasteiger charge is -2.07. The van der Waals surface area contributed by atoms with Crippen molar-refractivity contribution in [3.8, 4) is 16.9 Å². The maximum absolute atomic E-state index is 11.2. The fourth-order valence-corrected chi connectivity index (χ4v) is 2.58. The van der Waals surface area contributed by atoms with E-state index in [2.05, 4.69) is 0 Å². The molecule has 0 fully saturated rings. The van der Waals surface area contributed by atoms with Gasteiger partial charge >= 0.3 is 0 Å². The first-order valence-electron chi connectivity index (χ1n) is 6.60. The van der Waals surface area contributed by atoms with E-state index in [-0.39, 0.29) is 5.69 Å². The van der Waals surface area contributed by atoms with Gasteiger partial charge in [-0.2, -0.15) is 0 Å². The Balaban J connectivity index is 2.17. The van der Waals surface area contributed by atoms with Crippen LogP contribution in [0.4, 0.5) is 5.69 Å². The summed E-state index contributed by atoms with van der Waals surface area (Å²) in [6.45, 7) is 0. The summed E-state index contributed by atoms with van der Waals surface area (Å²) in [5.74, 6) is 0.776. The van der Waals surface area contributed by atoms with Crippen LogP contribution < -0.4 is 4.74 Å². The zero-order chi connectivity index (χ0) is 15.7. The van der Waals surface area contributed by atoms with E-state index < -0.39 is 4.92 Å². The van der Waals surface area contributed by atoms with E-state index in [4.69, 9.17) is 16.3 Å².